The van der Waals surface area contributed by atoms with E-state index in [2.05, 4.69) is 4.42 Å². The van der Waals surface area contributed by atoms with Gasteiger partial charge in [-0.05, 0) is 18.2 Å². The Morgan fingerprint density at radius 2 is 1.90 bits per heavy atom. The zero-order valence-corrected chi connectivity index (χ0v) is 11.0. The van der Waals surface area contributed by atoms with Gasteiger partial charge < -0.3 is 9.52 Å². The summed E-state index contributed by atoms with van der Waals surface area (Å²) in [5, 5.41) is 18.8. The first-order valence-electron chi connectivity index (χ1n) is 5.40. The average molecular weight is 312 g/mol. The van der Waals surface area contributed by atoms with Gasteiger partial charge in [0.2, 0.25) is 10.9 Å². The minimum absolute atomic E-state index is 0.254. The number of carbonyl (C=O) groups is 1. The van der Waals surface area contributed by atoms with Gasteiger partial charge in [0.1, 0.15) is 5.69 Å². The first-order valence-corrected chi connectivity index (χ1v) is 6.89. The quantitative estimate of drug-likeness (QED) is 0.632. The lowest BCUT2D eigenvalue weighted by atomic mass is 10.3. The van der Waals surface area contributed by atoms with Gasteiger partial charge >= 0.3 is 5.97 Å². The Bertz CT molecular complexity index is 809. The van der Waals surface area contributed by atoms with E-state index in [1.54, 1.807) is 0 Å². The van der Waals surface area contributed by atoms with Crippen molar-refractivity contribution in [3.8, 4) is 0 Å². The monoisotopic (exact) mass is 312 g/mol. The van der Waals surface area contributed by atoms with Crippen LogP contribution in [0.4, 0.5) is 11.4 Å². The van der Waals surface area contributed by atoms with E-state index in [1.807, 2.05) is 4.72 Å². The van der Waals surface area contributed by atoms with Crippen LogP contribution in [0.2, 0.25) is 0 Å². The fourth-order valence-corrected chi connectivity index (χ4v) is 2.50. The molecule has 2 rings (SSSR count). The highest BCUT2D eigenvalue weighted by atomic mass is 32.2. The van der Waals surface area contributed by atoms with E-state index in [0.717, 1.165) is 18.2 Å². The number of furan rings is 1. The summed E-state index contributed by atoms with van der Waals surface area (Å²) < 4.78 is 30.6. The van der Waals surface area contributed by atoms with Crippen LogP contribution in [0.5, 0.6) is 0 Å². The Balaban J connectivity index is 2.37. The Labute approximate surface area is 118 Å². The molecule has 0 saturated heterocycles. The second-order valence-electron chi connectivity index (χ2n) is 3.80. The predicted octanol–water partition coefficient (Wildman–Crippen LogP) is 1.69. The highest BCUT2D eigenvalue weighted by Crippen LogP contribution is 2.26. The minimum Gasteiger partial charge on any atom is -0.475 e. The van der Waals surface area contributed by atoms with Gasteiger partial charge in [-0.3, -0.25) is 14.8 Å². The number of carboxylic acids is 1. The van der Waals surface area contributed by atoms with Crippen molar-refractivity contribution in [2.24, 2.45) is 0 Å². The van der Waals surface area contributed by atoms with Gasteiger partial charge in [0.05, 0.1) is 4.92 Å². The summed E-state index contributed by atoms with van der Waals surface area (Å²) >= 11 is 0. The minimum atomic E-state index is -4.27. The topological polar surface area (TPSA) is 140 Å². The number of hydrogen-bond donors (Lipinski definition) is 2. The number of benzene rings is 1. The zero-order valence-electron chi connectivity index (χ0n) is 10.2. The van der Waals surface area contributed by atoms with Gasteiger partial charge in [-0.15, -0.1) is 0 Å². The molecule has 0 amide bonds. The van der Waals surface area contributed by atoms with Crippen LogP contribution in [-0.2, 0) is 10.0 Å². The molecule has 21 heavy (non-hydrogen) atoms. The van der Waals surface area contributed by atoms with Crippen molar-refractivity contribution in [3.63, 3.8) is 0 Å². The number of para-hydroxylation sites is 2. The summed E-state index contributed by atoms with van der Waals surface area (Å²) in [7, 11) is -4.27. The second-order valence-corrected chi connectivity index (χ2v) is 5.42. The van der Waals surface area contributed by atoms with E-state index < -0.39 is 37.5 Å². The number of hydrogen-bond acceptors (Lipinski definition) is 6. The number of rotatable bonds is 5. The SMILES string of the molecule is O=C(O)c1ccc(S(=O)(=O)Nc2ccccc2[N+](=O)[O-])o1. The Morgan fingerprint density at radius 3 is 2.48 bits per heavy atom. The maximum absolute atomic E-state index is 12.0. The molecule has 0 spiro atoms. The molecule has 2 aromatic rings. The van der Waals surface area contributed by atoms with Crippen LogP contribution in [0, 0.1) is 10.1 Å². The molecule has 1 aromatic carbocycles. The third-order valence-corrected chi connectivity index (χ3v) is 3.64. The van der Waals surface area contributed by atoms with Crippen molar-refractivity contribution >= 4 is 27.4 Å². The van der Waals surface area contributed by atoms with Crippen molar-refractivity contribution in [2.45, 2.75) is 5.09 Å². The number of nitro groups is 1. The smallest absolute Gasteiger partial charge is 0.371 e. The van der Waals surface area contributed by atoms with Gasteiger partial charge in [0, 0.05) is 6.07 Å². The van der Waals surface area contributed by atoms with Gasteiger partial charge in [-0.25, -0.2) is 4.79 Å². The van der Waals surface area contributed by atoms with Crippen molar-refractivity contribution in [1.29, 1.82) is 0 Å². The maximum Gasteiger partial charge on any atom is 0.371 e. The fraction of sp³-hybridized carbons (Fsp3) is 0. The van der Waals surface area contributed by atoms with Crippen molar-refractivity contribution < 1.29 is 27.7 Å². The van der Waals surface area contributed by atoms with Crippen LogP contribution in [0.1, 0.15) is 10.6 Å². The molecule has 0 atom stereocenters. The van der Waals surface area contributed by atoms with E-state index in [1.165, 1.54) is 18.2 Å². The fourth-order valence-electron chi connectivity index (χ4n) is 1.49. The van der Waals surface area contributed by atoms with Crippen LogP contribution in [0.15, 0.2) is 45.9 Å². The molecule has 0 aliphatic carbocycles. The lowest BCUT2D eigenvalue weighted by molar-refractivity contribution is -0.383. The molecule has 0 radical (unpaired) electrons. The number of carboxylic acid groups (broad SMARTS) is 1. The van der Waals surface area contributed by atoms with E-state index in [4.69, 9.17) is 5.11 Å². The normalized spacial score (nSPS) is 11.0. The molecule has 0 aliphatic rings. The van der Waals surface area contributed by atoms with E-state index in [-0.39, 0.29) is 5.69 Å². The third kappa shape index (κ3) is 3.00. The number of nitro benzene ring substituents is 1. The Morgan fingerprint density at radius 1 is 1.24 bits per heavy atom. The molecule has 0 saturated carbocycles. The highest BCUT2D eigenvalue weighted by molar-refractivity contribution is 7.92. The molecule has 9 nitrogen and oxygen atoms in total. The second kappa shape index (κ2) is 5.25. The van der Waals surface area contributed by atoms with Crippen LogP contribution in [0.25, 0.3) is 0 Å². The summed E-state index contributed by atoms with van der Waals surface area (Å²) in [6.07, 6.45) is 0. The Kier molecular flexibility index (Phi) is 3.63. The van der Waals surface area contributed by atoms with Crippen LogP contribution < -0.4 is 4.72 Å². The van der Waals surface area contributed by atoms with Gasteiger partial charge in [0.25, 0.3) is 15.7 Å². The molecule has 0 fully saturated rings. The summed E-state index contributed by atoms with van der Waals surface area (Å²) in [6, 6.07) is 7.04. The van der Waals surface area contributed by atoms with Crippen molar-refractivity contribution in [1.82, 2.24) is 0 Å². The van der Waals surface area contributed by atoms with Crippen LogP contribution in [-0.4, -0.2) is 24.4 Å². The highest BCUT2D eigenvalue weighted by Gasteiger charge is 2.24. The standard InChI is InChI=1S/C11H8N2O7S/c14-11(15)9-5-6-10(20-9)21(18,19)12-7-3-1-2-4-8(7)13(16)17/h1-6,12H,(H,14,15). The maximum atomic E-state index is 12.0. The summed E-state index contributed by atoms with van der Waals surface area (Å²) in [5.74, 6) is -1.99. The molecule has 1 aromatic heterocycles. The largest absolute Gasteiger partial charge is 0.475 e. The molecular weight excluding hydrogens is 304 g/mol. The third-order valence-electron chi connectivity index (χ3n) is 2.40. The van der Waals surface area contributed by atoms with Crippen LogP contribution in [0.3, 0.4) is 0 Å². The van der Waals surface area contributed by atoms with E-state index >= 15 is 0 Å². The van der Waals surface area contributed by atoms with Gasteiger partial charge in [-0.1, -0.05) is 12.1 Å². The zero-order chi connectivity index (χ0) is 15.6. The predicted molar refractivity (Wildman–Crippen MR) is 69.6 cm³/mol. The molecule has 110 valence electrons. The molecule has 0 aliphatic heterocycles. The number of aromatic carboxylic acids is 1. The number of nitrogens with zero attached hydrogens (tertiary/aromatic N) is 1. The summed E-state index contributed by atoms with van der Waals surface area (Å²) in [6.45, 7) is 0. The number of sulfonamides is 1. The molecule has 0 unspecified atom stereocenters. The van der Waals surface area contributed by atoms with E-state index in [9.17, 15) is 23.3 Å². The van der Waals surface area contributed by atoms with Crippen molar-refractivity contribution in [2.75, 3.05) is 4.72 Å². The average Bonchev–Trinajstić information content (AvgIpc) is 2.89. The van der Waals surface area contributed by atoms with Gasteiger partial charge in [-0.2, -0.15) is 8.42 Å². The molecule has 0 bridgehead atoms. The van der Waals surface area contributed by atoms with Gasteiger partial charge in [0.15, 0.2) is 0 Å². The lowest BCUT2D eigenvalue weighted by Gasteiger charge is -2.05. The first-order chi connectivity index (χ1) is 9.81. The summed E-state index contributed by atoms with van der Waals surface area (Å²) in [5.41, 5.74) is -0.693. The summed E-state index contributed by atoms with van der Waals surface area (Å²) in [4.78, 5) is 20.7. The number of anilines is 1. The first kappa shape index (κ1) is 14.5. The van der Waals surface area contributed by atoms with E-state index in [0.29, 0.717) is 0 Å². The molecule has 10 heteroatoms. The van der Waals surface area contributed by atoms with Crippen molar-refractivity contribution in [3.05, 3.63) is 52.3 Å². The molecule has 1 heterocycles. The molecule has 2 N–H and O–H groups in total. The lowest BCUT2D eigenvalue weighted by Crippen LogP contribution is -2.13. The Hall–Kier alpha value is -2.88. The van der Waals surface area contributed by atoms with Crippen LogP contribution >= 0.6 is 0 Å². The molecular formula is C11H8N2O7S. The number of nitrogens with one attached hydrogen (secondary N) is 1.